The second kappa shape index (κ2) is 8.82. The van der Waals surface area contributed by atoms with Crippen molar-refractivity contribution < 1.29 is 14.2 Å². The minimum absolute atomic E-state index is 0.135. The van der Waals surface area contributed by atoms with Gasteiger partial charge in [-0.15, -0.1) is 0 Å². The fourth-order valence-corrected chi connectivity index (χ4v) is 1.87. The van der Waals surface area contributed by atoms with Crippen LogP contribution in [0.15, 0.2) is 18.2 Å². The van der Waals surface area contributed by atoms with Crippen LogP contribution in [0.2, 0.25) is 0 Å². The van der Waals surface area contributed by atoms with Crippen LogP contribution in [-0.2, 0) is 11.2 Å². The van der Waals surface area contributed by atoms with Gasteiger partial charge in [0.1, 0.15) is 6.61 Å². The highest BCUT2D eigenvalue weighted by atomic mass is 16.5. The molecule has 0 saturated heterocycles. The Hall–Kier alpha value is -1.26. The molecule has 0 fully saturated rings. The van der Waals surface area contributed by atoms with Crippen LogP contribution in [0.25, 0.3) is 0 Å². The van der Waals surface area contributed by atoms with Crippen molar-refractivity contribution in [2.45, 2.75) is 46.3 Å². The Morgan fingerprint density at radius 1 is 1.05 bits per heavy atom. The van der Waals surface area contributed by atoms with Gasteiger partial charge in [-0.25, -0.2) is 0 Å². The third-order valence-corrected chi connectivity index (χ3v) is 2.66. The number of hydrogen-bond acceptors (Lipinski definition) is 4. The van der Waals surface area contributed by atoms with Gasteiger partial charge in [-0.05, 0) is 51.8 Å². The average molecular weight is 281 g/mol. The first-order valence-corrected chi connectivity index (χ1v) is 7.28. The topological polar surface area (TPSA) is 53.7 Å². The van der Waals surface area contributed by atoms with E-state index in [1.807, 2.05) is 45.9 Å². The van der Waals surface area contributed by atoms with Gasteiger partial charge < -0.3 is 19.9 Å². The molecule has 4 heteroatoms. The van der Waals surface area contributed by atoms with Gasteiger partial charge in [0, 0.05) is 6.04 Å². The molecule has 0 amide bonds. The Balaban J connectivity index is 2.64. The number of ether oxygens (including phenoxy) is 3. The maximum Gasteiger partial charge on any atom is 0.161 e. The summed E-state index contributed by atoms with van der Waals surface area (Å²) < 4.78 is 16.8. The number of rotatable bonds is 9. The molecule has 0 aliphatic carbocycles. The van der Waals surface area contributed by atoms with E-state index in [4.69, 9.17) is 19.9 Å². The molecule has 4 nitrogen and oxygen atoms in total. The van der Waals surface area contributed by atoms with Crippen LogP contribution in [-0.4, -0.2) is 32.0 Å². The van der Waals surface area contributed by atoms with Crippen molar-refractivity contribution in [1.29, 1.82) is 0 Å². The van der Waals surface area contributed by atoms with Crippen LogP contribution < -0.4 is 15.2 Å². The lowest BCUT2D eigenvalue weighted by Crippen LogP contribution is -2.17. The molecule has 1 unspecified atom stereocenters. The van der Waals surface area contributed by atoms with Crippen LogP contribution in [0.3, 0.4) is 0 Å². The molecule has 0 aromatic heterocycles. The highest BCUT2D eigenvalue weighted by Crippen LogP contribution is 2.28. The second-order valence-electron chi connectivity index (χ2n) is 5.16. The van der Waals surface area contributed by atoms with E-state index in [1.165, 1.54) is 0 Å². The summed E-state index contributed by atoms with van der Waals surface area (Å²) in [5.74, 6) is 1.53. The maximum atomic E-state index is 5.82. The molecule has 1 aromatic rings. The number of benzene rings is 1. The van der Waals surface area contributed by atoms with Crippen LogP contribution in [0, 0.1) is 0 Å². The van der Waals surface area contributed by atoms with Crippen molar-refractivity contribution in [1.82, 2.24) is 0 Å². The lowest BCUT2D eigenvalue weighted by atomic mass is 10.1. The minimum Gasteiger partial charge on any atom is -0.490 e. The Labute approximate surface area is 122 Å². The Bertz CT molecular complexity index is 391. The Morgan fingerprint density at radius 3 is 2.40 bits per heavy atom. The molecule has 1 atom stereocenters. The third-order valence-electron chi connectivity index (χ3n) is 2.66. The molecule has 0 saturated carbocycles. The molecule has 1 rings (SSSR count). The van der Waals surface area contributed by atoms with Gasteiger partial charge in [0.15, 0.2) is 11.5 Å². The first-order valence-electron chi connectivity index (χ1n) is 7.28. The zero-order valence-electron chi connectivity index (χ0n) is 13.0. The van der Waals surface area contributed by atoms with E-state index in [-0.39, 0.29) is 12.1 Å². The second-order valence-corrected chi connectivity index (χ2v) is 5.16. The lowest BCUT2D eigenvalue weighted by molar-refractivity contribution is 0.0545. The van der Waals surface area contributed by atoms with E-state index >= 15 is 0 Å². The molecule has 114 valence electrons. The Kier molecular flexibility index (Phi) is 7.41. The van der Waals surface area contributed by atoms with Crippen molar-refractivity contribution in [3.63, 3.8) is 0 Å². The lowest BCUT2D eigenvalue weighted by Gasteiger charge is -2.15. The molecule has 1 aromatic carbocycles. The van der Waals surface area contributed by atoms with Crippen LogP contribution in [0.1, 0.15) is 33.3 Å². The molecular weight excluding hydrogens is 254 g/mol. The standard InChI is InChI=1S/C16H27NO3/c1-5-18-16-11-14(10-13(4)17)6-7-15(16)20-9-8-19-12(2)3/h6-7,11-13H,5,8-10,17H2,1-4H3. The van der Waals surface area contributed by atoms with E-state index in [1.54, 1.807) is 0 Å². The molecule has 20 heavy (non-hydrogen) atoms. The molecule has 0 aliphatic heterocycles. The quantitative estimate of drug-likeness (QED) is 0.707. The number of nitrogens with two attached hydrogens (primary N) is 1. The van der Waals surface area contributed by atoms with Gasteiger partial charge in [-0.1, -0.05) is 6.07 Å². The van der Waals surface area contributed by atoms with Gasteiger partial charge in [-0.3, -0.25) is 0 Å². The SMILES string of the molecule is CCOc1cc(CC(C)N)ccc1OCCOC(C)C. The normalized spacial score (nSPS) is 12.5. The molecular formula is C16H27NO3. The summed E-state index contributed by atoms with van der Waals surface area (Å²) in [6.07, 6.45) is 1.05. The fraction of sp³-hybridized carbons (Fsp3) is 0.625. The summed E-state index contributed by atoms with van der Waals surface area (Å²) in [6, 6.07) is 6.12. The fourth-order valence-electron chi connectivity index (χ4n) is 1.87. The highest BCUT2D eigenvalue weighted by molar-refractivity contribution is 5.43. The predicted octanol–water partition coefficient (Wildman–Crippen LogP) is 2.78. The minimum atomic E-state index is 0.135. The summed E-state index contributed by atoms with van der Waals surface area (Å²) in [5, 5.41) is 0. The van der Waals surface area contributed by atoms with Crippen LogP contribution in [0.5, 0.6) is 11.5 Å². The van der Waals surface area contributed by atoms with Crippen molar-refractivity contribution in [2.24, 2.45) is 5.73 Å². The zero-order chi connectivity index (χ0) is 15.0. The molecule has 0 bridgehead atoms. The molecule has 0 aliphatic rings. The predicted molar refractivity (Wildman–Crippen MR) is 81.5 cm³/mol. The van der Waals surface area contributed by atoms with Gasteiger partial charge >= 0.3 is 0 Å². The van der Waals surface area contributed by atoms with Crippen molar-refractivity contribution in [3.05, 3.63) is 23.8 Å². The Morgan fingerprint density at radius 2 is 1.80 bits per heavy atom. The molecule has 2 N–H and O–H groups in total. The van der Waals surface area contributed by atoms with Crippen molar-refractivity contribution >= 4 is 0 Å². The van der Waals surface area contributed by atoms with Crippen molar-refractivity contribution in [2.75, 3.05) is 19.8 Å². The summed E-state index contributed by atoms with van der Waals surface area (Å²) in [6.45, 7) is 9.68. The molecule has 0 spiro atoms. The highest BCUT2D eigenvalue weighted by Gasteiger charge is 2.08. The first kappa shape index (κ1) is 16.8. The number of hydrogen-bond donors (Lipinski definition) is 1. The summed E-state index contributed by atoms with van der Waals surface area (Å²) in [4.78, 5) is 0. The van der Waals surface area contributed by atoms with Gasteiger partial charge in [-0.2, -0.15) is 0 Å². The van der Waals surface area contributed by atoms with E-state index in [0.29, 0.717) is 19.8 Å². The molecule has 0 heterocycles. The van der Waals surface area contributed by atoms with Gasteiger partial charge in [0.05, 0.1) is 19.3 Å². The van der Waals surface area contributed by atoms with Crippen LogP contribution in [0.4, 0.5) is 0 Å². The largest absolute Gasteiger partial charge is 0.490 e. The summed E-state index contributed by atoms with van der Waals surface area (Å²) in [5.41, 5.74) is 6.99. The van der Waals surface area contributed by atoms with E-state index in [0.717, 1.165) is 23.5 Å². The molecule has 0 radical (unpaired) electrons. The van der Waals surface area contributed by atoms with E-state index in [2.05, 4.69) is 0 Å². The average Bonchev–Trinajstić information content (AvgIpc) is 2.36. The zero-order valence-corrected chi connectivity index (χ0v) is 13.0. The monoisotopic (exact) mass is 281 g/mol. The van der Waals surface area contributed by atoms with Crippen molar-refractivity contribution in [3.8, 4) is 11.5 Å². The van der Waals surface area contributed by atoms with Gasteiger partial charge in [0.25, 0.3) is 0 Å². The third kappa shape index (κ3) is 6.26. The summed E-state index contributed by atoms with van der Waals surface area (Å²) >= 11 is 0. The van der Waals surface area contributed by atoms with E-state index in [9.17, 15) is 0 Å². The summed E-state index contributed by atoms with van der Waals surface area (Å²) in [7, 11) is 0. The van der Waals surface area contributed by atoms with E-state index < -0.39 is 0 Å². The first-order chi connectivity index (χ1) is 9.52. The van der Waals surface area contributed by atoms with Crippen LogP contribution >= 0.6 is 0 Å². The maximum absolute atomic E-state index is 5.82. The smallest absolute Gasteiger partial charge is 0.161 e. The van der Waals surface area contributed by atoms with Gasteiger partial charge in [0.2, 0.25) is 0 Å².